The fourth-order valence-corrected chi connectivity index (χ4v) is 0.927. The molecule has 2 N–H and O–H groups in total. The predicted octanol–water partition coefficient (Wildman–Crippen LogP) is 0.508. The van der Waals surface area contributed by atoms with Gasteiger partial charge in [0.05, 0.1) is 12.0 Å². The van der Waals surface area contributed by atoms with E-state index in [0.717, 1.165) is 6.54 Å². The second-order valence-corrected chi connectivity index (χ2v) is 3.48. The topological polar surface area (TPSA) is 64.9 Å². The standard InChI is InChI=1S/C10H19N3O/c1-4-12-7-9(3)10(14)13-6-8(2)5-11/h8-9,12H,4,6-7H2,1-3H3,(H,13,14). The zero-order valence-corrected chi connectivity index (χ0v) is 9.13. The summed E-state index contributed by atoms with van der Waals surface area (Å²) >= 11 is 0. The average molecular weight is 197 g/mol. The number of carbonyl (C=O) groups excluding carboxylic acids is 1. The van der Waals surface area contributed by atoms with Gasteiger partial charge in [0.2, 0.25) is 5.91 Å². The van der Waals surface area contributed by atoms with Crippen LogP contribution >= 0.6 is 0 Å². The largest absolute Gasteiger partial charge is 0.355 e. The summed E-state index contributed by atoms with van der Waals surface area (Å²) in [6.07, 6.45) is 0. The predicted molar refractivity (Wildman–Crippen MR) is 55.5 cm³/mol. The molecule has 0 aromatic rings. The lowest BCUT2D eigenvalue weighted by atomic mass is 10.1. The second kappa shape index (κ2) is 7.34. The molecule has 0 fully saturated rings. The zero-order valence-electron chi connectivity index (χ0n) is 9.13. The van der Waals surface area contributed by atoms with E-state index < -0.39 is 0 Å². The minimum atomic E-state index is -0.120. The molecule has 4 nitrogen and oxygen atoms in total. The van der Waals surface area contributed by atoms with Gasteiger partial charge in [-0.1, -0.05) is 13.8 Å². The molecule has 80 valence electrons. The first-order valence-corrected chi connectivity index (χ1v) is 4.99. The molecule has 0 heterocycles. The van der Waals surface area contributed by atoms with Crippen molar-refractivity contribution in [3.05, 3.63) is 0 Å². The van der Waals surface area contributed by atoms with Crippen molar-refractivity contribution in [1.82, 2.24) is 10.6 Å². The third kappa shape index (κ3) is 5.55. The van der Waals surface area contributed by atoms with Gasteiger partial charge in [-0.2, -0.15) is 5.26 Å². The van der Waals surface area contributed by atoms with Crippen molar-refractivity contribution in [3.63, 3.8) is 0 Å². The van der Waals surface area contributed by atoms with Crippen molar-refractivity contribution in [2.45, 2.75) is 20.8 Å². The molecule has 0 aliphatic carbocycles. The Morgan fingerprint density at radius 1 is 1.43 bits per heavy atom. The lowest BCUT2D eigenvalue weighted by Gasteiger charge is -2.12. The molecule has 2 unspecified atom stereocenters. The van der Waals surface area contributed by atoms with E-state index in [9.17, 15) is 4.79 Å². The molecule has 4 heteroatoms. The minimum absolute atomic E-state index is 0.00745. The van der Waals surface area contributed by atoms with Crippen LogP contribution in [0.25, 0.3) is 0 Å². The van der Waals surface area contributed by atoms with Crippen molar-refractivity contribution in [3.8, 4) is 6.07 Å². The number of nitrogens with one attached hydrogen (secondary N) is 2. The first-order valence-electron chi connectivity index (χ1n) is 4.99. The number of carbonyl (C=O) groups is 1. The van der Waals surface area contributed by atoms with Crippen molar-refractivity contribution >= 4 is 5.91 Å². The Morgan fingerprint density at radius 3 is 2.57 bits per heavy atom. The highest BCUT2D eigenvalue weighted by atomic mass is 16.1. The van der Waals surface area contributed by atoms with E-state index in [1.54, 1.807) is 6.92 Å². The summed E-state index contributed by atoms with van der Waals surface area (Å²) in [5, 5.41) is 14.4. The molecule has 0 bridgehead atoms. The van der Waals surface area contributed by atoms with Crippen LogP contribution in [0.1, 0.15) is 20.8 Å². The van der Waals surface area contributed by atoms with Gasteiger partial charge >= 0.3 is 0 Å². The van der Waals surface area contributed by atoms with Gasteiger partial charge in [-0.3, -0.25) is 4.79 Å². The number of nitriles is 1. The summed E-state index contributed by atoms with van der Waals surface area (Å²) in [7, 11) is 0. The van der Waals surface area contributed by atoms with E-state index in [0.29, 0.717) is 13.1 Å². The highest BCUT2D eigenvalue weighted by Gasteiger charge is 2.12. The van der Waals surface area contributed by atoms with Crippen molar-refractivity contribution in [1.29, 1.82) is 5.26 Å². The molecule has 0 saturated heterocycles. The molecule has 0 aromatic carbocycles. The van der Waals surface area contributed by atoms with E-state index in [1.807, 2.05) is 13.8 Å². The van der Waals surface area contributed by atoms with E-state index in [-0.39, 0.29) is 17.7 Å². The summed E-state index contributed by atoms with van der Waals surface area (Å²) < 4.78 is 0. The monoisotopic (exact) mass is 197 g/mol. The highest BCUT2D eigenvalue weighted by Crippen LogP contribution is 1.94. The molecule has 0 aliphatic heterocycles. The van der Waals surface area contributed by atoms with Gasteiger partial charge < -0.3 is 10.6 Å². The molecule has 14 heavy (non-hydrogen) atoms. The van der Waals surface area contributed by atoms with Gasteiger partial charge in [0.25, 0.3) is 0 Å². The van der Waals surface area contributed by atoms with Gasteiger partial charge in [0.15, 0.2) is 0 Å². The van der Waals surface area contributed by atoms with Crippen LogP contribution in [0.3, 0.4) is 0 Å². The Kier molecular flexibility index (Phi) is 6.77. The molecule has 0 radical (unpaired) electrons. The molecule has 0 aliphatic rings. The van der Waals surface area contributed by atoms with Crippen LogP contribution in [-0.2, 0) is 4.79 Å². The lowest BCUT2D eigenvalue weighted by Crippen LogP contribution is -2.37. The van der Waals surface area contributed by atoms with Gasteiger partial charge in [-0.05, 0) is 13.5 Å². The van der Waals surface area contributed by atoms with Crippen molar-refractivity contribution in [2.24, 2.45) is 11.8 Å². The highest BCUT2D eigenvalue weighted by molar-refractivity contribution is 5.78. The summed E-state index contributed by atoms with van der Waals surface area (Å²) in [5.41, 5.74) is 0. The normalized spacial score (nSPS) is 14.1. The van der Waals surface area contributed by atoms with Gasteiger partial charge in [0.1, 0.15) is 0 Å². The number of amides is 1. The van der Waals surface area contributed by atoms with Gasteiger partial charge in [0, 0.05) is 19.0 Å². The van der Waals surface area contributed by atoms with Crippen LogP contribution in [0.2, 0.25) is 0 Å². The van der Waals surface area contributed by atoms with Crippen LogP contribution in [0.4, 0.5) is 0 Å². The van der Waals surface area contributed by atoms with Crippen LogP contribution < -0.4 is 10.6 Å². The first-order chi connectivity index (χ1) is 6.61. The molecule has 0 aromatic heterocycles. The zero-order chi connectivity index (χ0) is 11.0. The Hall–Kier alpha value is -1.08. The molecule has 0 rings (SSSR count). The number of hydrogen-bond donors (Lipinski definition) is 2. The van der Waals surface area contributed by atoms with Crippen molar-refractivity contribution < 1.29 is 4.79 Å². The molecule has 0 saturated carbocycles. The quantitative estimate of drug-likeness (QED) is 0.652. The Labute approximate surface area is 85.7 Å². The average Bonchev–Trinajstić information content (AvgIpc) is 2.21. The second-order valence-electron chi connectivity index (χ2n) is 3.48. The van der Waals surface area contributed by atoms with E-state index in [4.69, 9.17) is 5.26 Å². The summed E-state index contributed by atoms with van der Waals surface area (Å²) in [6.45, 7) is 7.65. The number of rotatable bonds is 6. The fourth-order valence-electron chi connectivity index (χ4n) is 0.927. The van der Waals surface area contributed by atoms with Gasteiger partial charge in [-0.15, -0.1) is 0 Å². The Morgan fingerprint density at radius 2 is 2.07 bits per heavy atom. The fraction of sp³-hybridized carbons (Fsp3) is 0.800. The maximum atomic E-state index is 11.4. The number of nitrogens with zero attached hydrogens (tertiary/aromatic N) is 1. The van der Waals surface area contributed by atoms with Crippen LogP contribution in [-0.4, -0.2) is 25.5 Å². The maximum Gasteiger partial charge on any atom is 0.224 e. The molecular formula is C10H19N3O. The third-order valence-electron chi connectivity index (χ3n) is 1.95. The van der Waals surface area contributed by atoms with Crippen molar-refractivity contribution in [2.75, 3.05) is 19.6 Å². The summed E-state index contributed by atoms with van der Waals surface area (Å²) in [5.74, 6) is -0.154. The molecular weight excluding hydrogens is 178 g/mol. The molecule has 0 spiro atoms. The van der Waals surface area contributed by atoms with Crippen LogP contribution in [0, 0.1) is 23.2 Å². The summed E-state index contributed by atoms with van der Waals surface area (Å²) in [6, 6.07) is 2.07. The van der Waals surface area contributed by atoms with E-state index in [2.05, 4.69) is 16.7 Å². The first kappa shape index (κ1) is 12.9. The Balaban J connectivity index is 3.68. The van der Waals surface area contributed by atoms with Crippen LogP contribution in [0.15, 0.2) is 0 Å². The Bertz CT molecular complexity index is 210. The smallest absolute Gasteiger partial charge is 0.224 e. The van der Waals surface area contributed by atoms with Crippen LogP contribution in [0.5, 0.6) is 0 Å². The number of hydrogen-bond acceptors (Lipinski definition) is 3. The lowest BCUT2D eigenvalue weighted by molar-refractivity contribution is -0.124. The minimum Gasteiger partial charge on any atom is -0.355 e. The van der Waals surface area contributed by atoms with Gasteiger partial charge in [-0.25, -0.2) is 0 Å². The SMILES string of the molecule is CCNCC(C)C(=O)NCC(C)C#N. The van der Waals surface area contributed by atoms with E-state index in [1.165, 1.54) is 0 Å². The van der Waals surface area contributed by atoms with E-state index >= 15 is 0 Å². The molecule has 1 amide bonds. The summed E-state index contributed by atoms with van der Waals surface area (Å²) in [4.78, 5) is 11.4. The maximum absolute atomic E-state index is 11.4. The third-order valence-corrected chi connectivity index (χ3v) is 1.95. The molecule has 2 atom stereocenters.